The molecule has 1 unspecified atom stereocenters. The lowest BCUT2D eigenvalue weighted by Crippen LogP contribution is -2.52. The summed E-state index contributed by atoms with van der Waals surface area (Å²) in [5.41, 5.74) is 0.852. The molecule has 8 nitrogen and oxygen atoms in total. The van der Waals surface area contributed by atoms with Crippen LogP contribution in [-0.2, 0) is 23.9 Å². The van der Waals surface area contributed by atoms with Gasteiger partial charge in [0.2, 0.25) is 0 Å². The lowest BCUT2D eigenvalue weighted by atomic mass is 9.76. The Morgan fingerprint density at radius 3 is 2.35 bits per heavy atom. The lowest BCUT2D eigenvalue weighted by Gasteiger charge is -2.41. The normalized spacial score (nSPS) is 22.4. The van der Waals surface area contributed by atoms with E-state index in [1.165, 1.54) is 12.1 Å². The number of unbranched alkanes of at least 4 members (excludes halogenated alkanes) is 1. The van der Waals surface area contributed by atoms with Gasteiger partial charge in [-0.1, -0.05) is 33.1 Å². The van der Waals surface area contributed by atoms with Gasteiger partial charge in [0, 0.05) is 44.3 Å². The molecule has 0 radical (unpaired) electrons. The van der Waals surface area contributed by atoms with Gasteiger partial charge in [-0.25, -0.2) is 4.39 Å². The minimum absolute atomic E-state index is 0.0481. The summed E-state index contributed by atoms with van der Waals surface area (Å²) >= 11 is 0. The number of carbonyl (C=O) groups excluding carboxylic acids is 3. The largest absolute Gasteiger partial charge is 0.468 e. The van der Waals surface area contributed by atoms with Crippen molar-refractivity contribution in [3.63, 3.8) is 0 Å². The molecule has 0 spiro atoms. The summed E-state index contributed by atoms with van der Waals surface area (Å²) in [5.74, 6) is 0.0362. The molecule has 0 amide bonds. The number of rotatable bonds is 13. The van der Waals surface area contributed by atoms with Crippen molar-refractivity contribution in [1.82, 2.24) is 10.2 Å². The van der Waals surface area contributed by atoms with Crippen molar-refractivity contribution in [2.45, 2.75) is 91.7 Å². The van der Waals surface area contributed by atoms with Crippen LogP contribution in [-0.4, -0.2) is 81.6 Å². The molecule has 0 aliphatic carbocycles. The van der Waals surface area contributed by atoms with E-state index >= 15 is 0 Å². The first-order valence-corrected chi connectivity index (χ1v) is 14.8. The van der Waals surface area contributed by atoms with Crippen molar-refractivity contribution in [1.29, 1.82) is 0 Å². The molecule has 3 atom stereocenters. The molecule has 2 heterocycles. The molecule has 2 saturated heterocycles. The Morgan fingerprint density at radius 2 is 1.88 bits per heavy atom. The Bertz CT molecular complexity index is 869. The lowest BCUT2D eigenvalue weighted by molar-refractivity contribution is -0.149. The van der Waals surface area contributed by atoms with Crippen LogP contribution in [0.3, 0.4) is 0 Å². The van der Waals surface area contributed by atoms with Crippen molar-refractivity contribution in [2.75, 3.05) is 51.3 Å². The van der Waals surface area contributed by atoms with Gasteiger partial charge in [-0.15, -0.1) is 0 Å². The second-order valence-electron chi connectivity index (χ2n) is 10.7. The molecule has 40 heavy (non-hydrogen) atoms. The average molecular weight is 566 g/mol. The van der Waals surface area contributed by atoms with Crippen molar-refractivity contribution < 1.29 is 28.2 Å². The number of hydrogen-bond acceptors (Lipinski definition) is 8. The number of benzene rings is 1. The molecule has 228 valence electrons. The molecule has 3 rings (SSSR count). The highest BCUT2D eigenvalue weighted by molar-refractivity contribution is 5.79. The Balaban J connectivity index is 0.000000616. The van der Waals surface area contributed by atoms with E-state index in [-0.39, 0.29) is 29.1 Å². The van der Waals surface area contributed by atoms with Crippen LogP contribution in [0.2, 0.25) is 0 Å². The van der Waals surface area contributed by atoms with Gasteiger partial charge >= 0.3 is 5.97 Å². The number of likely N-dealkylation sites (N-methyl/N-ethyl adjacent to an activating group) is 1. The Kier molecular flexibility index (Phi) is 17.3. The molecule has 2 aliphatic rings. The first kappa shape index (κ1) is 35.5. The van der Waals surface area contributed by atoms with Crippen LogP contribution in [0.1, 0.15) is 79.6 Å². The Hall–Kier alpha value is -2.52. The van der Waals surface area contributed by atoms with E-state index in [4.69, 9.17) is 4.74 Å². The average Bonchev–Trinajstić information content (AvgIpc) is 3.23. The predicted molar refractivity (Wildman–Crippen MR) is 158 cm³/mol. The van der Waals surface area contributed by atoms with E-state index in [0.29, 0.717) is 25.7 Å². The van der Waals surface area contributed by atoms with Crippen molar-refractivity contribution in [3.05, 3.63) is 30.1 Å². The first-order valence-electron chi connectivity index (χ1n) is 14.8. The van der Waals surface area contributed by atoms with Crippen molar-refractivity contribution >= 4 is 23.9 Å². The molecular weight excluding hydrogens is 513 g/mol. The van der Waals surface area contributed by atoms with Gasteiger partial charge in [0.05, 0.1) is 18.6 Å². The zero-order valence-electron chi connectivity index (χ0n) is 25.5. The summed E-state index contributed by atoms with van der Waals surface area (Å²) in [6.45, 7) is 15.1. The number of Topliss-reactive ketones (excluding diaryl/α,β-unsaturated/α-hetero) is 1. The maximum atomic E-state index is 13.2. The first-order chi connectivity index (χ1) is 19.2. The topological polar surface area (TPSA) is 88.2 Å². The molecule has 2 aliphatic heterocycles. The highest BCUT2D eigenvalue weighted by Crippen LogP contribution is 2.43. The van der Waals surface area contributed by atoms with Crippen LogP contribution in [0.25, 0.3) is 0 Å². The maximum Gasteiger partial charge on any atom is 0.312 e. The SMILES string of the molecule is CCCCC1(CCC)C[C@H](CCN2CCN(c3ccc(F)cc3)C[C@@H]2C)OC1=O.CCOC=O.CNCC(C)=O. The van der Waals surface area contributed by atoms with E-state index in [1.807, 2.05) is 12.1 Å². The van der Waals surface area contributed by atoms with Gasteiger partial charge in [-0.3, -0.25) is 19.3 Å². The number of anilines is 1. The van der Waals surface area contributed by atoms with E-state index < -0.39 is 0 Å². The third-order valence-electron chi connectivity index (χ3n) is 7.42. The number of esters is 1. The number of ketones is 1. The summed E-state index contributed by atoms with van der Waals surface area (Å²) in [4.78, 5) is 36.7. The number of piperazine rings is 1. The predicted octanol–water partition coefficient (Wildman–Crippen LogP) is 4.99. The van der Waals surface area contributed by atoms with Crippen LogP contribution < -0.4 is 10.2 Å². The maximum absolute atomic E-state index is 13.2. The summed E-state index contributed by atoms with van der Waals surface area (Å²) < 4.78 is 23.2. The number of halogens is 1. The molecule has 2 fully saturated rings. The molecule has 0 aromatic heterocycles. The standard InChI is InChI=1S/C24H37FN2O2.C4H9NO.C3H6O2/c1-4-6-13-24(12-5-2)17-22(29-23(24)28)11-14-26-15-16-27(18-19(26)3)21-9-7-20(25)8-10-21;1-4(6)3-5-2;1-2-5-3-4/h7-10,19,22H,4-6,11-18H2,1-3H3;5H,3H2,1-2H3;3H,2H2,1H3/t19-,22-,24?;;/m0../s1. The Labute approximate surface area is 241 Å². The number of nitrogens with one attached hydrogen (secondary N) is 1. The third-order valence-corrected chi connectivity index (χ3v) is 7.42. The molecular formula is C31H52FN3O5. The van der Waals surface area contributed by atoms with E-state index in [1.54, 1.807) is 20.9 Å². The van der Waals surface area contributed by atoms with Crippen molar-refractivity contribution in [3.8, 4) is 0 Å². The summed E-state index contributed by atoms with van der Waals surface area (Å²) in [7, 11) is 1.75. The monoisotopic (exact) mass is 565 g/mol. The van der Waals surface area contributed by atoms with E-state index in [0.717, 1.165) is 76.8 Å². The zero-order valence-corrected chi connectivity index (χ0v) is 25.5. The minimum Gasteiger partial charge on any atom is -0.468 e. The summed E-state index contributed by atoms with van der Waals surface area (Å²) in [6, 6.07) is 7.20. The van der Waals surface area contributed by atoms with Crippen LogP contribution in [0, 0.1) is 11.2 Å². The number of carbonyl (C=O) groups is 3. The number of ether oxygens (including phenoxy) is 2. The smallest absolute Gasteiger partial charge is 0.312 e. The highest BCUT2D eigenvalue weighted by Gasteiger charge is 2.47. The fraction of sp³-hybridized carbons (Fsp3) is 0.710. The van der Waals surface area contributed by atoms with Gasteiger partial charge in [0.1, 0.15) is 17.7 Å². The van der Waals surface area contributed by atoms with Gasteiger partial charge in [-0.2, -0.15) is 0 Å². The fourth-order valence-corrected chi connectivity index (χ4v) is 5.37. The van der Waals surface area contributed by atoms with Crippen molar-refractivity contribution in [2.24, 2.45) is 5.41 Å². The summed E-state index contributed by atoms with van der Waals surface area (Å²) in [5, 5.41) is 2.72. The van der Waals surface area contributed by atoms with Gasteiger partial charge < -0.3 is 19.7 Å². The number of cyclic esters (lactones) is 1. The molecule has 0 saturated carbocycles. The van der Waals surface area contributed by atoms with Gasteiger partial charge in [0.15, 0.2) is 0 Å². The van der Waals surface area contributed by atoms with Crippen LogP contribution in [0.4, 0.5) is 10.1 Å². The van der Waals surface area contributed by atoms with Crippen LogP contribution >= 0.6 is 0 Å². The van der Waals surface area contributed by atoms with Gasteiger partial charge in [0.25, 0.3) is 6.47 Å². The molecule has 1 aromatic rings. The number of nitrogens with zero attached hydrogens (tertiary/aromatic N) is 2. The molecule has 1 aromatic carbocycles. The van der Waals surface area contributed by atoms with E-state index in [2.05, 4.69) is 40.6 Å². The summed E-state index contributed by atoms with van der Waals surface area (Å²) in [6.07, 6.45) is 7.06. The molecule has 1 N–H and O–H groups in total. The fourth-order valence-electron chi connectivity index (χ4n) is 5.37. The zero-order chi connectivity index (χ0) is 30.0. The van der Waals surface area contributed by atoms with Gasteiger partial charge in [-0.05, 0) is 71.3 Å². The highest BCUT2D eigenvalue weighted by atomic mass is 19.1. The van der Waals surface area contributed by atoms with Crippen LogP contribution in [0.15, 0.2) is 24.3 Å². The second kappa shape index (κ2) is 19.5. The molecule has 0 bridgehead atoms. The molecule has 9 heteroatoms. The number of hydrogen-bond donors (Lipinski definition) is 1. The third kappa shape index (κ3) is 12.3. The Morgan fingerprint density at radius 1 is 1.18 bits per heavy atom. The van der Waals surface area contributed by atoms with Crippen LogP contribution in [0.5, 0.6) is 0 Å². The quantitative estimate of drug-likeness (QED) is 0.264. The van der Waals surface area contributed by atoms with E-state index in [9.17, 15) is 18.8 Å². The second-order valence-corrected chi connectivity index (χ2v) is 10.7. The minimum atomic E-state index is -0.234.